The smallest absolute Gasteiger partial charge is 0.222 e. The molecule has 1 aliphatic rings. The summed E-state index contributed by atoms with van der Waals surface area (Å²) in [5.41, 5.74) is 0.127. The first kappa shape index (κ1) is 12.5. The molecule has 1 amide bonds. The van der Waals surface area contributed by atoms with Crippen LogP contribution in [0, 0.1) is 5.92 Å². The van der Waals surface area contributed by atoms with E-state index in [1.54, 1.807) is 0 Å². The minimum atomic E-state index is 0.127. The van der Waals surface area contributed by atoms with Gasteiger partial charge in [-0.15, -0.1) is 0 Å². The quantitative estimate of drug-likeness (QED) is 0.728. The van der Waals surface area contributed by atoms with E-state index < -0.39 is 0 Å². The first-order valence-electron chi connectivity index (χ1n) is 6.10. The molecule has 0 saturated carbocycles. The first-order chi connectivity index (χ1) is 7.07. The van der Waals surface area contributed by atoms with Gasteiger partial charge in [0.2, 0.25) is 5.91 Å². The van der Waals surface area contributed by atoms with E-state index >= 15 is 0 Å². The summed E-state index contributed by atoms with van der Waals surface area (Å²) in [5.74, 6) is 0.353. The van der Waals surface area contributed by atoms with E-state index in [4.69, 9.17) is 0 Å². The van der Waals surface area contributed by atoms with Crippen molar-refractivity contribution in [3.8, 4) is 0 Å². The van der Waals surface area contributed by atoms with Crippen LogP contribution in [-0.4, -0.2) is 24.5 Å². The predicted molar refractivity (Wildman–Crippen MR) is 62.7 cm³/mol. The Morgan fingerprint density at radius 2 is 2.33 bits per heavy atom. The molecule has 0 aliphatic carbocycles. The number of nitrogens with one attached hydrogen (secondary N) is 2. The Hall–Kier alpha value is -0.570. The van der Waals surface area contributed by atoms with E-state index in [0.29, 0.717) is 0 Å². The van der Waals surface area contributed by atoms with Gasteiger partial charge in [-0.25, -0.2) is 0 Å². The highest BCUT2D eigenvalue weighted by Gasteiger charge is 2.28. The lowest BCUT2D eigenvalue weighted by Crippen LogP contribution is -2.48. The third-order valence-corrected chi connectivity index (χ3v) is 3.28. The number of carbonyl (C=O) groups is 1. The first-order valence-corrected chi connectivity index (χ1v) is 6.10. The molecular formula is C12H24N2O. The average Bonchev–Trinajstić information content (AvgIpc) is 2.63. The SMILES string of the molecule is CCCC(C)C(=O)NCC1(C)CCCN1. The minimum Gasteiger partial charge on any atom is -0.354 e. The molecule has 3 heteroatoms. The molecule has 2 unspecified atom stereocenters. The van der Waals surface area contributed by atoms with Crippen LogP contribution < -0.4 is 10.6 Å². The summed E-state index contributed by atoms with van der Waals surface area (Å²) >= 11 is 0. The molecule has 0 spiro atoms. The van der Waals surface area contributed by atoms with Crippen molar-refractivity contribution in [1.82, 2.24) is 10.6 Å². The fourth-order valence-electron chi connectivity index (χ4n) is 2.13. The van der Waals surface area contributed by atoms with Crippen molar-refractivity contribution in [3.05, 3.63) is 0 Å². The molecule has 0 radical (unpaired) electrons. The largest absolute Gasteiger partial charge is 0.354 e. The van der Waals surface area contributed by atoms with Gasteiger partial charge in [0.05, 0.1) is 0 Å². The Morgan fingerprint density at radius 3 is 2.87 bits per heavy atom. The number of hydrogen-bond donors (Lipinski definition) is 2. The summed E-state index contributed by atoms with van der Waals surface area (Å²) in [6.45, 7) is 8.15. The van der Waals surface area contributed by atoms with Crippen LogP contribution in [0.1, 0.15) is 46.5 Å². The van der Waals surface area contributed by atoms with Crippen LogP contribution in [0.4, 0.5) is 0 Å². The number of carbonyl (C=O) groups excluding carboxylic acids is 1. The van der Waals surface area contributed by atoms with Crippen molar-refractivity contribution in [2.75, 3.05) is 13.1 Å². The molecule has 3 nitrogen and oxygen atoms in total. The molecule has 1 aliphatic heterocycles. The summed E-state index contributed by atoms with van der Waals surface area (Å²) in [7, 11) is 0. The lowest BCUT2D eigenvalue weighted by atomic mass is 9.99. The van der Waals surface area contributed by atoms with Crippen LogP contribution in [-0.2, 0) is 4.79 Å². The second kappa shape index (κ2) is 5.50. The van der Waals surface area contributed by atoms with Gasteiger partial charge in [0.25, 0.3) is 0 Å². The van der Waals surface area contributed by atoms with E-state index in [0.717, 1.165) is 32.4 Å². The Balaban J connectivity index is 2.26. The third-order valence-electron chi connectivity index (χ3n) is 3.28. The van der Waals surface area contributed by atoms with Gasteiger partial charge in [-0.2, -0.15) is 0 Å². The Bertz CT molecular complexity index is 210. The fraction of sp³-hybridized carbons (Fsp3) is 0.917. The molecule has 1 rings (SSSR count). The highest BCUT2D eigenvalue weighted by molar-refractivity contribution is 5.78. The van der Waals surface area contributed by atoms with Crippen molar-refractivity contribution in [2.24, 2.45) is 5.92 Å². The Labute approximate surface area is 93.0 Å². The van der Waals surface area contributed by atoms with Crippen molar-refractivity contribution >= 4 is 5.91 Å². The summed E-state index contributed by atoms with van der Waals surface area (Å²) < 4.78 is 0. The van der Waals surface area contributed by atoms with Crippen LogP contribution >= 0.6 is 0 Å². The lowest BCUT2D eigenvalue weighted by Gasteiger charge is -2.25. The second-order valence-electron chi connectivity index (χ2n) is 5.00. The molecule has 15 heavy (non-hydrogen) atoms. The molecule has 1 heterocycles. The molecule has 0 bridgehead atoms. The molecule has 0 aromatic carbocycles. The molecule has 88 valence electrons. The van der Waals surface area contributed by atoms with E-state index in [1.807, 2.05) is 6.92 Å². The summed E-state index contributed by atoms with van der Waals surface area (Å²) in [4.78, 5) is 11.7. The van der Waals surface area contributed by atoms with Crippen LogP contribution in [0.3, 0.4) is 0 Å². The highest BCUT2D eigenvalue weighted by Crippen LogP contribution is 2.17. The van der Waals surface area contributed by atoms with Crippen molar-refractivity contribution in [1.29, 1.82) is 0 Å². The van der Waals surface area contributed by atoms with Gasteiger partial charge in [-0.3, -0.25) is 4.79 Å². The van der Waals surface area contributed by atoms with Crippen LogP contribution in [0.25, 0.3) is 0 Å². The van der Waals surface area contributed by atoms with E-state index in [2.05, 4.69) is 24.5 Å². The lowest BCUT2D eigenvalue weighted by molar-refractivity contribution is -0.125. The maximum atomic E-state index is 11.7. The number of amides is 1. The monoisotopic (exact) mass is 212 g/mol. The Morgan fingerprint density at radius 1 is 1.60 bits per heavy atom. The van der Waals surface area contributed by atoms with Gasteiger partial charge >= 0.3 is 0 Å². The maximum absolute atomic E-state index is 11.7. The zero-order valence-electron chi connectivity index (χ0n) is 10.2. The van der Waals surface area contributed by atoms with Crippen molar-refractivity contribution in [3.63, 3.8) is 0 Å². The zero-order chi connectivity index (χ0) is 11.3. The van der Waals surface area contributed by atoms with Gasteiger partial charge in [0, 0.05) is 18.0 Å². The Kier molecular flexibility index (Phi) is 4.58. The van der Waals surface area contributed by atoms with E-state index in [1.165, 1.54) is 6.42 Å². The molecule has 0 aromatic rings. The predicted octanol–water partition coefficient (Wildman–Crippen LogP) is 1.68. The number of hydrogen-bond acceptors (Lipinski definition) is 2. The summed E-state index contributed by atoms with van der Waals surface area (Å²) in [6.07, 6.45) is 4.44. The number of rotatable bonds is 5. The molecule has 2 atom stereocenters. The van der Waals surface area contributed by atoms with Gasteiger partial charge in [0.15, 0.2) is 0 Å². The van der Waals surface area contributed by atoms with Crippen LogP contribution in [0.5, 0.6) is 0 Å². The topological polar surface area (TPSA) is 41.1 Å². The van der Waals surface area contributed by atoms with E-state index in [9.17, 15) is 4.79 Å². The van der Waals surface area contributed by atoms with Gasteiger partial charge in [0.1, 0.15) is 0 Å². The molecular weight excluding hydrogens is 188 g/mol. The molecule has 0 aromatic heterocycles. The maximum Gasteiger partial charge on any atom is 0.222 e. The van der Waals surface area contributed by atoms with Gasteiger partial charge in [-0.05, 0) is 32.7 Å². The molecule has 1 saturated heterocycles. The zero-order valence-corrected chi connectivity index (χ0v) is 10.2. The standard InChI is InChI=1S/C12H24N2O/c1-4-6-10(2)11(15)13-9-12(3)7-5-8-14-12/h10,14H,4-9H2,1-3H3,(H,13,15). The minimum absolute atomic E-state index is 0.127. The normalized spacial score (nSPS) is 27.7. The summed E-state index contributed by atoms with van der Waals surface area (Å²) in [5, 5.41) is 6.49. The van der Waals surface area contributed by atoms with Crippen molar-refractivity contribution in [2.45, 2.75) is 52.0 Å². The van der Waals surface area contributed by atoms with Crippen LogP contribution in [0.2, 0.25) is 0 Å². The van der Waals surface area contributed by atoms with Gasteiger partial charge in [-0.1, -0.05) is 20.3 Å². The molecule has 2 N–H and O–H groups in total. The second-order valence-corrected chi connectivity index (χ2v) is 5.00. The summed E-state index contributed by atoms with van der Waals surface area (Å²) in [6, 6.07) is 0. The third kappa shape index (κ3) is 3.82. The highest BCUT2D eigenvalue weighted by atomic mass is 16.1. The van der Waals surface area contributed by atoms with Crippen LogP contribution in [0.15, 0.2) is 0 Å². The average molecular weight is 212 g/mol. The van der Waals surface area contributed by atoms with E-state index in [-0.39, 0.29) is 17.4 Å². The molecule has 1 fully saturated rings. The fourth-order valence-corrected chi connectivity index (χ4v) is 2.13. The van der Waals surface area contributed by atoms with Crippen molar-refractivity contribution < 1.29 is 4.79 Å². The van der Waals surface area contributed by atoms with Gasteiger partial charge < -0.3 is 10.6 Å².